The van der Waals surface area contributed by atoms with Crippen molar-refractivity contribution < 1.29 is 0 Å². The van der Waals surface area contributed by atoms with Crippen molar-refractivity contribution in [2.24, 2.45) is 5.18 Å². The maximum atomic E-state index is 9.58. The molecular formula is C6H12BrNO. The highest BCUT2D eigenvalue weighted by molar-refractivity contribution is 9.09. The summed E-state index contributed by atoms with van der Waals surface area (Å²) in [6.45, 7) is 0.488. The van der Waals surface area contributed by atoms with Gasteiger partial charge in [-0.1, -0.05) is 33.9 Å². The largest absolute Gasteiger partial charge is 0.151 e. The van der Waals surface area contributed by atoms with E-state index >= 15 is 0 Å². The van der Waals surface area contributed by atoms with Gasteiger partial charge in [0.15, 0.2) is 0 Å². The standard InChI is InChI=1S/C6H12BrNO/c7-5-3-1-2-4-6-8-9/h1-6H2. The molecule has 0 N–H and O–H groups in total. The molecule has 0 spiro atoms. The van der Waals surface area contributed by atoms with E-state index in [9.17, 15) is 4.91 Å². The van der Waals surface area contributed by atoms with Crippen LogP contribution in [0.3, 0.4) is 0 Å². The van der Waals surface area contributed by atoms with Crippen molar-refractivity contribution in [1.82, 2.24) is 0 Å². The van der Waals surface area contributed by atoms with Gasteiger partial charge < -0.3 is 0 Å². The molecule has 9 heavy (non-hydrogen) atoms. The van der Waals surface area contributed by atoms with Gasteiger partial charge in [0.25, 0.3) is 0 Å². The van der Waals surface area contributed by atoms with Crippen LogP contribution in [-0.4, -0.2) is 11.9 Å². The van der Waals surface area contributed by atoms with E-state index in [1.54, 1.807) is 0 Å². The smallest absolute Gasteiger partial charge is 0.0811 e. The van der Waals surface area contributed by atoms with Crippen LogP contribution in [0.2, 0.25) is 0 Å². The second-order valence-electron chi connectivity index (χ2n) is 1.96. The minimum Gasteiger partial charge on any atom is -0.151 e. The quantitative estimate of drug-likeness (QED) is 0.363. The Balaban J connectivity index is 2.66. The van der Waals surface area contributed by atoms with Crippen LogP contribution in [0.4, 0.5) is 0 Å². The zero-order valence-corrected chi connectivity index (χ0v) is 7.06. The molecule has 0 aliphatic carbocycles. The molecule has 0 heterocycles. The van der Waals surface area contributed by atoms with Gasteiger partial charge in [0.2, 0.25) is 0 Å². The van der Waals surface area contributed by atoms with Crippen LogP contribution < -0.4 is 0 Å². The maximum Gasteiger partial charge on any atom is 0.0811 e. The summed E-state index contributed by atoms with van der Waals surface area (Å²) in [6, 6.07) is 0. The molecule has 0 aliphatic rings. The number of alkyl halides is 1. The van der Waals surface area contributed by atoms with Crippen LogP contribution in [-0.2, 0) is 0 Å². The minimum atomic E-state index is 0.488. The SMILES string of the molecule is O=NCCCCCCBr. The van der Waals surface area contributed by atoms with Crippen LogP contribution in [0.15, 0.2) is 5.18 Å². The first kappa shape index (κ1) is 9.08. The lowest BCUT2D eigenvalue weighted by molar-refractivity contribution is 0.678. The molecule has 3 heteroatoms. The molecule has 0 radical (unpaired) electrons. The number of nitroso groups, excluding NO2 is 1. The van der Waals surface area contributed by atoms with Gasteiger partial charge in [0, 0.05) is 5.33 Å². The van der Waals surface area contributed by atoms with Crippen LogP contribution in [0, 0.1) is 4.91 Å². The average molecular weight is 194 g/mol. The van der Waals surface area contributed by atoms with Crippen molar-refractivity contribution in [2.75, 3.05) is 11.9 Å². The van der Waals surface area contributed by atoms with Crippen LogP contribution in [0.1, 0.15) is 25.7 Å². The fraction of sp³-hybridized carbons (Fsp3) is 1.00. The molecule has 0 fully saturated rings. The predicted molar refractivity (Wildman–Crippen MR) is 42.9 cm³/mol. The number of rotatable bonds is 6. The molecule has 0 aromatic carbocycles. The van der Waals surface area contributed by atoms with E-state index in [4.69, 9.17) is 0 Å². The van der Waals surface area contributed by atoms with Gasteiger partial charge in [-0.05, 0) is 12.8 Å². The third-order valence-electron chi connectivity index (χ3n) is 1.13. The summed E-state index contributed by atoms with van der Waals surface area (Å²) in [5.74, 6) is 0. The van der Waals surface area contributed by atoms with Gasteiger partial charge in [-0.15, -0.1) is 0 Å². The molecule has 0 amide bonds. The Labute approximate surface area is 64.1 Å². The number of hydrogen-bond acceptors (Lipinski definition) is 2. The molecule has 0 aliphatic heterocycles. The molecule has 0 bridgehead atoms. The van der Waals surface area contributed by atoms with E-state index in [-0.39, 0.29) is 0 Å². The van der Waals surface area contributed by atoms with Crippen molar-refractivity contribution in [3.8, 4) is 0 Å². The lowest BCUT2D eigenvalue weighted by Crippen LogP contribution is -1.81. The maximum absolute atomic E-state index is 9.58. The van der Waals surface area contributed by atoms with Gasteiger partial charge in [-0.25, -0.2) is 0 Å². The lowest BCUT2D eigenvalue weighted by atomic mass is 10.2. The predicted octanol–water partition coefficient (Wildman–Crippen LogP) is 2.71. The summed E-state index contributed by atoms with van der Waals surface area (Å²) in [7, 11) is 0. The lowest BCUT2D eigenvalue weighted by Gasteiger charge is -1.92. The highest BCUT2D eigenvalue weighted by atomic mass is 79.9. The number of nitrogens with zero attached hydrogens (tertiary/aromatic N) is 1. The van der Waals surface area contributed by atoms with E-state index in [0.717, 1.165) is 18.2 Å². The van der Waals surface area contributed by atoms with Gasteiger partial charge in [-0.3, -0.25) is 0 Å². The van der Waals surface area contributed by atoms with Crippen molar-refractivity contribution in [3.63, 3.8) is 0 Å². The summed E-state index contributed by atoms with van der Waals surface area (Å²) < 4.78 is 0. The average Bonchev–Trinajstić information content (AvgIpc) is 1.89. The fourth-order valence-electron chi connectivity index (χ4n) is 0.624. The van der Waals surface area contributed by atoms with Gasteiger partial charge in [-0.2, -0.15) is 4.91 Å². The van der Waals surface area contributed by atoms with Gasteiger partial charge in [0.1, 0.15) is 0 Å². The Hall–Kier alpha value is 0.0800. The van der Waals surface area contributed by atoms with E-state index in [2.05, 4.69) is 21.1 Å². The molecule has 0 unspecified atom stereocenters. The molecule has 0 saturated heterocycles. The summed E-state index contributed by atoms with van der Waals surface area (Å²) in [6.07, 6.45) is 4.51. The molecule has 0 saturated carbocycles. The normalized spacial score (nSPS) is 9.44. The van der Waals surface area contributed by atoms with Crippen molar-refractivity contribution in [2.45, 2.75) is 25.7 Å². The Bertz CT molecular complexity index is 68.1. The van der Waals surface area contributed by atoms with Crippen molar-refractivity contribution >= 4 is 15.9 Å². The zero-order chi connectivity index (χ0) is 6.95. The zero-order valence-electron chi connectivity index (χ0n) is 5.48. The van der Waals surface area contributed by atoms with Gasteiger partial charge >= 0.3 is 0 Å². The van der Waals surface area contributed by atoms with Crippen LogP contribution in [0.25, 0.3) is 0 Å². The van der Waals surface area contributed by atoms with E-state index in [1.807, 2.05) is 0 Å². The molecule has 54 valence electrons. The van der Waals surface area contributed by atoms with Gasteiger partial charge in [0.05, 0.1) is 6.54 Å². The van der Waals surface area contributed by atoms with E-state index in [0.29, 0.717) is 6.54 Å². The third-order valence-corrected chi connectivity index (χ3v) is 1.69. The Morgan fingerprint density at radius 2 is 1.78 bits per heavy atom. The Kier molecular flexibility index (Phi) is 8.15. The first-order valence-electron chi connectivity index (χ1n) is 3.27. The van der Waals surface area contributed by atoms with Crippen LogP contribution >= 0.6 is 15.9 Å². The Morgan fingerprint density at radius 1 is 1.11 bits per heavy atom. The highest BCUT2D eigenvalue weighted by Crippen LogP contribution is 2.01. The fourth-order valence-corrected chi connectivity index (χ4v) is 1.02. The molecule has 2 nitrogen and oxygen atoms in total. The molecule has 0 aromatic rings. The second kappa shape index (κ2) is 8.08. The van der Waals surface area contributed by atoms with Crippen molar-refractivity contribution in [1.29, 1.82) is 0 Å². The number of halogens is 1. The first-order chi connectivity index (χ1) is 4.41. The topological polar surface area (TPSA) is 29.4 Å². The first-order valence-corrected chi connectivity index (χ1v) is 4.39. The second-order valence-corrected chi connectivity index (χ2v) is 2.75. The molecular weight excluding hydrogens is 182 g/mol. The van der Waals surface area contributed by atoms with E-state index < -0.39 is 0 Å². The van der Waals surface area contributed by atoms with Crippen molar-refractivity contribution in [3.05, 3.63) is 4.91 Å². The molecule has 0 atom stereocenters. The summed E-state index contributed by atoms with van der Waals surface area (Å²) in [5.41, 5.74) is 0. The summed E-state index contributed by atoms with van der Waals surface area (Å²) in [5, 5.41) is 3.84. The minimum absolute atomic E-state index is 0.488. The molecule has 0 rings (SSSR count). The summed E-state index contributed by atoms with van der Waals surface area (Å²) in [4.78, 5) is 9.58. The van der Waals surface area contributed by atoms with Crippen LogP contribution in [0.5, 0.6) is 0 Å². The Morgan fingerprint density at radius 3 is 2.33 bits per heavy atom. The number of hydrogen-bond donors (Lipinski definition) is 0. The summed E-state index contributed by atoms with van der Waals surface area (Å²) >= 11 is 3.33. The number of unbranched alkanes of at least 4 members (excludes halogenated alkanes) is 3. The van der Waals surface area contributed by atoms with E-state index in [1.165, 1.54) is 12.8 Å². The molecule has 0 aromatic heterocycles. The monoisotopic (exact) mass is 193 g/mol. The third kappa shape index (κ3) is 8.08. The highest BCUT2D eigenvalue weighted by Gasteiger charge is 1.86.